The molecule has 0 bridgehead atoms. The van der Waals surface area contributed by atoms with Crippen molar-refractivity contribution in [3.8, 4) is 0 Å². The Morgan fingerprint density at radius 1 is 0.860 bits per heavy atom. The largest absolute Gasteiger partial charge is 0.394 e. The molecule has 330 valence electrons. The number of hydrogen-bond acceptors (Lipinski definition) is 15. The molecule has 4 saturated carbocycles. The van der Waals surface area contributed by atoms with Crippen LogP contribution in [0.15, 0.2) is 12.2 Å². The lowest BCUT2D eigenvalue weighted by Crippen LogP contribution is -2.71. The summed E-state index contributed by atoms with van der Waals surface area (Å²) in [6, 6.07) is 0. The van der Waals surface area contributed by atoms with E-state index < -0.39 is 120 Å². The summed E-state index contributed by atoms with van der Waals surface area (Å²) < 4.78 is 25.1. The first kappa shape index (κ1) is 45.7. The summed E-state index contributed by atoms with van der Waals surface area (Å²) in [5, 5.41) is 110. The minimum atomic E-state index is -1.72. The van der Waals surface area contributed by atoms with E-state index in [0.717, 1.165) is 6.42 Å². The molecule has 0 amide bonds. The van der Waals surface area contributed by atoms with Crippen molar-refractivity contribution in [2.45, 2.75) is 198 Å². The highest BCUT2D eigenvalue weighted by Gasteiger charge is 2.73. The molecule has 4 aliphatic carbocycles. The molecule has 22 atom stereocenters. The Bertz CT molecular complexity index is 1430. The predicted molar refractivity (Wildman–Crippen MR) is 204 cm³/mol. The molecule has 2 aliphatic heterocycles. The fourth-order valence-corrected chi connectivity index (χ4v) is 13.5. The molecule has 15 nitrogen and oxygen atoms in total. The quantitative estimate of drug-likeness (QED) is 0.0616. The van der Waals surface area contributed by atoms with Gasteiger partial charge in [-0.15, -0.1) is 0 Å². The zero-order valence-corrected chi connectivity index (χ0v) is 35.0. The van der Waals surface area contributed by atoms with E-state index in [1.807, 2.05) is 13.8 Å². The second-order valence-corrected chi connectivity index (χ2v) is 20.4. The maximum Gasteiger partial charge on any atom is 0.187 e. The average Bonchev–Trinajstić information content (AvgIpc) is 3.52. The van der Waals surface area contributed by atoms with Gasteiger partial charge in [0.15, 0.2) is 12.6 Å². The summed E-state index contributed by atoms with van der Waals surface area (Å²) >= 11 is 0. The Hall–Kier alpha value is -0.860. The second-order valence-electron chi connectivity index (χ2n) is 20.4. The van der Waals surface area contributed by atoms with Crippen LogP contribution in [0.2, 0.25) is 0 Å². The van der Waals surface area contributed by atoms with Crippen molar-refractivity contribution >= 4 is 0 Å². The normalized spacial score (nSPS) is 52.6. The van der Waals surface area contributed by atoms with Crippen molar-refractivity contribution in [1.29, 1.82) is 0 Å². The molecule has 0 spiro atoms. The summed E-state index contributed by atoms with van der Waals surface area (Å²) in [5.41, 5.74) is -2.74. The van der Waals surface area contributed by atoms with Crippen LogP contribution in [-0.2, 0) is 23.8 Å². The third kappa shape index (κ3) is 7.39. The van der Waals surface area contributed by atoms with E-state index in [1.54, 1.807) is 13.8 Å². The minimum absolute atomic E-state index is 0.0192. The molecule has 6 aliphatic rings. The second kappa shape index (κ2) is 16.1. The molecular formula is C42H72O15. The molecule has 15 heteroatoms. The molecule has 0 unspecified atom stereocenters. The van der Waals surface area contributed by atoms with Gasteiger partial charge >= 0.3 is 0 Å². The van der Waals surface area contributed by atoms with Crippen LogP contribution >= 0.6 is 0 Å². The number of aliphatic hydroxyl groups excluding tert-OH is 8. The standard InChI is InChI=1S/C42H72O15/c1-19(2)23(57-52)11-15-42(9,51)21-10-14-40(7)28(21)22(44)16-26-39(6)13-12-27(45)38(4,5)35(39)24(17-41(26,40)8)54-37-34(32(49)30(47)25(18-43)55-37)56-36-33(50)31(48)29(46)20(3)53-36/h20-37,43-52H,1,10-18H2,2-9H3/t20-,21-,22+,23-,24-,25+,26+,27-,28-,29-,30+,31+,32-,33+,34+,35-,36-,37+,39+,40+,41+,42-/m0/s1. The van der Waals surface area contributed by atoms with Crippen LogP contribution in [0.1, 0.15) is 107 Å². The van der Waals surface area contributed by atoms with Gasteiger partial charge in [-0.3, -0.25) is 5.26 Å². The Balaban J connectivity index is 1.37. The third-order valence-electron chi connectivity index (χ3n) is 16.9. The van der Waals surface area contributed by atoms with Crippen molar-refractivity contribution in [3.05, 3.63) is 12.2 Å². The molecule has 57 heavy (non-hydrogen) atoms. The van der Waals surface area contributed by atoms with Gasteiger partial charge in [0.2, 0.25) is 0 Å². The monoisotopic (exact) mass is 816 g/mol. The van der Waals surface area contributed by atoms with E-state index >= 15 is 0 Å². The van der Waals surface area contributed by atoms with E-state index in [-0.39, 0.29) is 23.7 Å². The van der Waals surface area contributed by atoms with Crippen molar-refractivity contribution in [2.24, 2.45) is 45.3 Å². The van der Waals surface area contributed by atoms with Crippen molar-refractivity contribution < 1.29 is 75.1 Å². The lowest BCUT2D eigenvalue weighted by atomic mass is 9.34. The van der Waals surface area contributed by atoms with E-state index in [9.17, 15) is 51.2 Å². The number of fused-ring (bicyclic) bond motifs is 5. The molecule has 0 aromatic heterocycles. The minimum Gasteiger partial charge on any atom is -0.394 e. The highest BCUT2D eigenvalue weighted by Crippen LogP contribution is 2.76. The summed E-state index contributed by atoms with van der Waals surface area (Å²) in [5.74, 6) is -0.893. The first-order valence-electron chi connectivity index (χ1n) is 21.1. The van der Waals surface area contributed by atoms with Crippen molar-refractivity contribution in [3.63, 3.8) is 0 Å². The molecule has 0 radical (unpaired) electrons. The number of hydrogen-bond donors (Lipinski definition) is 10. The van der Waals surface area contributed by atoms with Gasteiger partial charge in [0.1, 0.15) is 48.8 Å². The van der Waals surface area contributed by atoms with Gasteiger partial charge in [-0.05, 0) is 123 Å². The van der Waals surface area contributed by atoms with Crippen molar-refractivity contribution in [2.75, 3.05) is 6.61 Å². The van der Waals surface area contributed by atoms with E-state index in [0.29, 0.717) is 50.5 Å². The van der Waals surface area contributed by atoms with Crippen LogP contribution in [0, 0.1) is 45.3 Å². The lowest BCUT2D eigenvalue weighted by Gasteiger charge is -2.72. The highest BCUT2D eigenvalue weighted by atomic mass is 17.1. The molecule has 2 saturated heterocycles. The Morgan fingerprint density at radius 2 is 1.53 bits per heavy atom. The molecule has 6 fully saturated rings. The fraction of sp³-hybridized carbons (Fsp3) is 0.952. The van der Waals surface area contributed by atoms with E-state index in [2.05, 4.69) is 32.2 Å². The van der Waals surface area contributed by atoms with Gasteiger partial charge in [0.25, 0.3) is 0 Å². The van der Waals surface area contributed by atoms with Gasteiger partial charge in [-0.1, -0.05) is 41.2 Å². The zero-order chi connectivity index (χ0) is 42.4. The van der Waals surface area contributed by atoms with E-state index in [4.69, 9.17) is 18.9 Å². The molecule has 6 rings (SSSR count). The molecule has 2 heterocycles. The molecule has 0 aromatic carbocycles. The lowest BCUT2D eigenvalue weighted by molar-refractivity contribution is -0.382. The SMILES string of the molecule is C=C(C)[C@H](CC[C@](C)(O)[C@H]1CC[C@]2(C)[C@@H]1[C@H](O)C[C@@H]1[C@@]3(C)CC[C@H](O)C(C)(C)[C@@H]3[C@@H](O[C@@H]3O[C@H](CO)[C@@H](O)[C@H](O)[C@H]3O[C@@H]3O[C@@H](C)[C@H](O)[C@@H](O)[C@H]3O)C[C@]12C)OO. The van der Waals surface area contributed by atoms with Crippen LogP contribution in [0.3, 0.4) is 0 Å². The Morgan fingerprint density at radius 3 is 2.14 bits per heavy atom. The summed E-state index contributed by atoms with van der Waals surface area (Å²) in [6.45, 7) is 19.0. The summed E-state index contributed by atoms with van der Waals surface area (Å²) in [6.07, 6.45) is -13.3. The van der Waals surface area contributed by atoms with Gasteiger partial charge in [-0.25, -0.2) is 4.89 Å². The summed E-state index contributed by atoms with van der Waals surface area (Å²) in [4.78, 5) is 4.66. The van der Waals surface area contributed by atoms with Crippen LogP contribution in [0.25, 0.3) is 0 Å². The molecular weight excluding hydrogens is 744 g/mol. The Labute approximate surface area is 336 Å². The van der Waals surface area contributed by atoms with E-state index in [1.165, 1.54) is 6.92 Å². The molecule has 10 N–H and O–H groups in total. The van der Waals surface area contributed by atoms with Gasteiger partial charge in [0, 0.05) is 0 Å². The number of rotatable bonds is 11. The maximum atomic E-state index is 12.3. The fourth-order valence-electron chi connectivity index (χ4n) is 13.5. The highest BCUT2D eigenvalue weighted by molar-refractivity contribution is 5.22. The van der Waals surface area contributed by atoms with Crippen LogP contribution in [0.4, 0.5) is 0 Å². The Kier molecular flexibility index (Phi) is 12.9. The number of ether oxygens (including phenoxy) is 4. The van der Waals surface area contributed by atoms with Gasteiger partial charge < -0.3 is 64.9 Å². The topological polar surface area (TPSA) is 248 Å². The van der Waals surface area contributed by atoms with Crippen LogP contribution < -0.4 is 0 Å². The third-order valence-corrected chi connectivity index (χ3v) is 16.9. The first-order chi connectivity index (χ1) is 26.4. The molecule has 0 aromatic rings. The zero-order valence-electron chi connectivity index (χ0n) is 35.0. The number of aliphatic hydroxyl groups is 9. The first-order valence-corrected chi connectivity index (χ1v) is 21.1. The van der Waals surface area contributed by atoms with Gasteiger partial charge in [0.05, 0.1) is 36.6 Å². The summed E-state index contributed by atoms with van der Waals surface area (Å²) in [7, 11) is 0. The van der Waals surface area contributed by atoms with Crippen molar-refractivity contribution in [1.82, 2.24) is 0 Å². The smallest absolute Gasteiger partial charge is 0.187 e. The van der Waals surface area contributed by atoms with Gasteiger partial charge in [-0.2, -0.15) is 0 Å². The average molecular weight is 817 g/mol. The van der Waals surface area contributed by atoms with Crippen LogP contribution in [0.5, 0.6) is 0 Å². The predicted octanol–water partition coefficient (Wildman–Crippen LogP) is 1.62. The maximum absolute atomic E-state index is 12.3. The van der Waals surface area contributed by atoms with Crippen LogP contribution in [-0.4, -0.2) is 149 Å².